The van der Waals surface area contributed by atoms with Crippen LogP contribution >= 0.6 is 22.7 Å². The van der Waals surface area contributed by atoms with E-state index in [1.165, 1.54) is 11.3 Å². The van der Waals surface area contributed by atoms with Crippen molar-refractivity contribution >= 4 is 54.8 Å². The van der Waals surface area contributed by atoms with E-state index in [-0.39, 0.29) is 11.8 Å². The Balaban J connectivity index is 1.72. The van der Waals surface area contributed by atoms with E-state index >= 15 is 0 Å². The summed E-state index contributed by atoms with van der Waals surface area (Å²) in [7, 11) is 0. The van der Waals surface area contributed by atoms with Crippen molar-refractivity contribution in [3.05, 3.63) is 40.8 Å². The van der Waals surface area contributed by atoms with Gasteiger partial charge in [0, 0.05) is 30.9 Å². The monoisotopic (exact) mass is 416 g/mol. The summed E-state index contributed by atoms with van der Waals surface area (Å²) >= 11 is 2.99. The lowest BCUT2D eigenvalue weighted by molar-refractivity contribution is 0.0952. The van der Waals surface area contributed by atoms with Crippen LogP contribution in [-0.2, 0) is 0 Å². The third-order valence-corrected chi connectivity index (χ3v) is 6.47. The molecule has 0 spiro atoms. The van der Waals surface area contributed by atoms with Crippen LogP contribution < -0.4 is 15.5 Å². The second-order valence-electron chi connectivity index (χ2n) is 6.24. The van der Waals surface area contributed by atoms with Gasteiger partial charge in [0.1, 0.15) is 4.83 Å². The molecule has 2 N–H and O–H groups in total. The molecule has 0 unspecified atom stereocenters. The molecule has 3 aromatic rings. The van der Waals surface area contributed by atoms with Crippen LogP contribution in [0.15, 0.2) is 30.3 Å². The van der Waals surface area contributed by atoms with Crippen molar-refractivity contribution in [2.45, 2.75) is 27.2 Å². The molecule has 0 aliphatic heterocycles. The van der Waals surface area contributed by atoms with E-state index in [0.29, 0.717) is 22.7 Å². The molecule has 0 aliphatic carbocycles. The zero-order valence-electron chi connectivity index (χ0n) is 16.2. The number of amides is 2. The predicted molar refractivity (Wildman–Crippen MR) is 118 cm³/mol. The molecule has 0 radical (unpaired) electrons. The van der Waals surface area contributed by atoms with E-state index in [1.54, 1.807) is 35.6 Å². The Morgan fingerprint density at radius 3 is 2.54 bits per heavy atom. The molecule has 2 aromatic heterocycles. The molecule has 0 bridgehead atoms. The first kappa shape index (κ1) is 20.3. The third kappa shape index (κ3) is 4.51. The van der Waals surface area contributed by atoms with Crippen LogP contribution in [0.5, 0.6) is 0 Å². The van der Waals surface area contributed by atoms with Gasteiger partial charge in [-0.25, -0.2) is 4.98 Å². The second kappa shape index (κ2) is 9.16. The smallest absolute Gasteiger partial charge is 0.265 e. The molecule has 2 heterocycles. The molecule has 8 heteroatoms. The van der Waals surface area contributed by atoms with Crippen molar-refractivity contribution in [2.75, 3.05) is 29.9 Å². The van der Waals surface area contributed by atoms with E-state index < -0.39 is 0 Å². The van der Waals surface area contributed by atoms with E-state index in [1.807, 2.05) is 13.0 Å². The highest BCUT2D eigenvalue weighted by Gasteiger charge is 2.16. The van der Waals surface area contributed by atoms with Gasteiger partial charge >= 0.3 is 0 Å². The number of carbonyl (C=O) groups is 2. The SMILES string of the molecule is CCCNC(=O)c1cccc(NC(=O)c2cc3sc(N(CC)CC)nc3s2)c1. The third-order valence-electron chi connectivity index (χ3n) is 4.25. The van der Waals surface area contributed by atoms with Crippen molar-refractivity contribution in [3.8, 4) is 0 Å². The number of thiophene rings is 1. The van der Waals surface area contributed by atoms with E-state index in [4.69, 9.17) is 0 Å². The molecule has 6 nitrogen and oxygen atoms in total. The predicted octanol–water partition coefficient (Wildman–Crippen LogP) is 4.60. The normalized spacial score (nSPS) is 10.8. The van der Waals surface area contributed by atoms with Gasteiger partial charge < -0.3 is 15.5 Å². The summed E-state index contributed by atoms with van der Waals surface area (Å²) < 4.78 is 1.02. The number of aromatic nitrogens is 1. The number of nitrogens with one attached hydrogen (secondary N) is 2. The van der Waals surface area contributed by atoms with Gasteiger partial charge in [0.05, 0.1) is 9.58 Å². The molecule has 148 valence electrons. The molecule has 0 aliphatic rings. The van der Waals surface area contributed by atoms with Crippen LogP contribution in [-0.4, -0.2) is 36.4 Å². The molecule has 0 saturated carbocycles. The van der Waals surface area contributed by atoms with E-state index in [0.717, 1.165) is 34.2 Å². The first-order chi connectivity index (χ1) is 13.5. The fraction of sp³-hybridized carbons (Fsp3) is 0.350. The Morgan fingerprint density at radius 2 is 1.86 bits per heavy atom. The van der Waals surface area contributed by atoms with Gasteiger partial charge in [0.15, 0.2) is 5.13 Å². The van der Waals surface area contributed by atoms with Crippen LogP contribution in [0.1, 0.15) is 47.2 Å². The summed E-state index contributed by atoms with van der Waals surface area (Å²) in [5, 5.41) is 6.71. The molecule has 0 fully saturated rings. The lowest BCUT2D eigenvalue weighted by atomic mass is 10.2. The first-order valence-corrected chi connectivity index (χ1v) is 11.0. The van der Waals surface area contributed by atoms with Gasteiger partial charge in [-0.05, 0) is 44.5 Å². The number of nitrogens with zero attached hydrogens (tertiary/aromatic N) is 2. The van der Waals surface area contributed by atoms with Crippen molar-refractivity contribution in [3.63, 3.8) is 0 Å². The fourth-order valence-corrected chi connectivity index (χ4v) is 4.97. The van der Waals surface area contributed by atoms with Crippen molar-refractivity contribution in [1.29, 1.82) is 0 Å². The Kier molecular flexibility index (Phi) is 6.64. The van der Waals surface area contributed by atoms with Gasteiger partial charge in [-0.2, -0.15) is 0 Å². The summed E-state index contributed by atoms with van der Waals surface area (Å²) in [4.78, 5) is 33.1. The lowest BCUT2D eigenvalue weighted by Crippen LogP contribution is -2.24. The van der Waals surface area contributed by atoms with E-state index in [9.17, 15) is 9.59 Å². The summed E-state index contributed by atoms with van der Waals surface area (Å²) in [5.74, 6) is -0.326. The minimum atomic E-state index is -0.189. The molecular weight excluding hydrogens is 392 g/mol. The quantitative estimate of drug-likeness (QED) is 0.563. The average molecular weight is 417 g/mol. The van der Waals surface area contributed by atoms with Gasteiger partial charge in [0.25, 0.3) is 11.8 Å². The minimum Gasteiger partial charge on any atom is -0.352 e. The maximum absolute atomic E-state index is 12.6. The number of thiazole rings is 1. The Bertz CT molecular complexity index is 944. The summed E-state index contributed by atoms with van der Waals surface area (Å²) in [6, 6.07) is 8.86. The maximum Gasteiger partial charge on any atom is 0.265 e. The Morgan fingerprint density at radius 1 is 1.07 bits per heavy atom. The highest BCUT2D eigenvalue weighted by Crippen LogP contribution is 2.34. The molecule has 3 rings (SSSR count). The number of fused-ring (bicyclic) bond motifs is 1. The number of benzene rings is 1. The summed E-state index contributed by atoms with van der Waals surface area (Å²) in [6.45, 7) is 8.66. The van der Waals surface area contributed by atoms with Gasteiger partial charge in [0.2, 0.25) is 0 Å². The lowest BCUT2D eigenvalue weighted by Gasteiger charge is -2.16. The van der Waals surface area contributed by atoms with Crippen molar-refractivity contribution in [2.24, 2.45) is 0 Å². The van der Waals surface area contributed by atoms with Crippen molar-refractivity contribution in [1.82, 2.24) is 10.3 Å². The molecular formula is C20H24N4O2S2. The Labute approximate surface area is 172 Å². The standard InChI is InChI=1S/C20H24N4O2S2/c1-4-10-21-17(25)13-8-7-9-14(11-13)22-18(26)15-12-16-19(27-15)23-20(28-16)24(5-2)6-3/h7-9,11-12H,4-6,10H2,1-3H3,(H,21,25)(H,22,26). The number of hydrogen-bond acceptors (Lipinski definition) is 6. The zero-order valence-corrected chi connectivity index (χ0v) is 17.9. The van der Waals surface area contributed by atoms with Crippen LogP contribution in [0.25, 0.3) is 9.53 Å². The van der Waals surface area contributed by atoms with Crippen LogP contribution in [0.4, 0.5) is 10.8 Å². The van der Waals surface area contributed by atoms with Crippen LogP contribution in [0.3, 0.4) is 0 Å². The summed E-state index contributed by atoms with van der Waals surface area (Å²) in [5.41, 5.74) is 1.13. The maximum atomic E-state index is 12.6. The molecule has 28 heavy (non-hydrogen) atoms. The number of rotatable bonds is 8. The molecule has 0 saturated heterocycles. The minimum absolute atomic E-state index is 0.136. The average Bonchev–Trinajstić information content (AvgIpc) is 3.26. The fourth-order valence-electron chi connectivity index (χ4n) is 2.74. The highest BCUT2D eigenvalue weighted by molar-refractivity contribution is 7.29. The number of anilines is 2. The Hall–Kier alpha value is -2.45. The second-order valence-corrected chi connectivity index (χ2v) is 8.28. The van der Waals surface area contributed by atoms with Crippen molar-refractivity contribution < 1.29 is 9.59 Å². The first-order valence-electron chi connectivity index (χ1n) is 9.40. The van der Waals surface area contributed by atoms with E-state index in [2.05, 4.69) is 34.4 Å². The van der Waals surface area contributed by atoms with Crippen LogP contribution in [0.2, 0.25) is 0 Å². The van der Waals surface area contributed by atoms with Gasteiger partial charge in [-0.3, -0.25) is 9.59 Å². The summed E-state index contributed by atoms with van der Waals surface area (Å²) in [6.07, 6.45) is 0.877. The number of hydrogen-bond donors (Lipinski definition) is 2. The molecule has 0 atom stereocenters. The largest absolute Gasteiger partial charge is 0.352 e. The topological polar surface area (TPSA) is 74.3 Å². The highest BCUT2D eigenvalue weighted by atomic mass is 32.1. The molecule has 1 aromatic carbocycles. The van der Waals surface area contributed by atoms with Crippen LogP contribution in [0, 0.1) is 0 Å². The molecule has 2 amide bonds. The zero-order chi connectivity index (χ0) is 20.1. The van der Waals surface area contributed by atoms with Gasteiger partial charge in [-0.1, -0.05) is 24.3 Å². The van der Waals surface area contributed by atoms with Gasteiger partial charge in [-0.15, -0.1) is 11.3 Å². The number of carbonyl (C=O) groups excluding carboxylic acids is 2.